The first kappa shape index (κ1) is 35.9. The molecule has 0 atom stereocenters. The van der Waals surface area contributed by atoms with Crippen molar-refractivity contribution < 1.29 is 33.5 Å². The molecule has 0 saturated heterocycles. The van der Waals surface area contributed by atoms with Gasteiger partial charge in [0.1, 0.15) is 47.7 Å². The van der Waals surface area contributed by atoms with E-state index in [-0.39, 0.29) is 6.61 Å². The van der Waals surface area contributed by atoms with Crippen LogP contribution in [0.4, 0.5) is 0 Å². The van der Waals surface area contributed by atoms with Gasteiger partial charge in [-0.2, -0.15) is 0 Å². The maximum absolute atomic E-state index is 9.15. The number of rotatable bonds is 14. The summed E-state index contributed by atoms with van der Waals surface area (Å²) in [4.78, 5) is 0. The van der Waals surface area contributed by atoms with Crippen LogP contribution < -0.4 is 39.1 Å². The van der Waals surface area contributed by atoms with E-state index < -0.39 is 0 Å². The van der Waals surface area contributed by atoms with Crippen LogP contribution in [0.15, 0.2) is 60.7 Å². The molecule has 49 heavy (non-hydrogen) atoms. The molecule has 0 aromatic heterocycles. The van der Waals surface area contributed by atoms with Gasteiger partial charge >= 0.3 is 0 Å². The first-order valence-electron chi connectivity index (χ1n) is 17.0. The average Bonchev–Trinajstić information content (AvgIpc) is 3.12. The van der Waals surface area contributed by atoms with Crippen LogP contribution in [-0.2, 0) is 26.3 Å². The summed E-state index contributed by atoms with van der Waals surface area (Å²) in [6.07, 6.45) is 3.31. The number of fused-ring (bicyclic) bond motifs is 1. The van der Waals surface area contributed by atoms with Crippen LogP contribution in [-0.4, -0.2) is 52.7 Å². The van der Waals surface area contributed by atoms with Crippen molar-refractivity contribution in [3.8, 4) is 45.6 Å². The van der Waals surface area contributed by atoms with Crippen molar-refractivity contribution in [3.05, 3.63) is 94.0 Å². The van der Waals surface area contributed by atoms with Crippen molar-refractivity contribution in [2.75, 3.05) is 47.6 Å². The van der Waals surface area contributed by atoms with E-state index in [1.807, 2.05) is 24.3 Å². The Labute approximate surface area is 290 Å². The monoisotopic (exact) mass is 670 g/mol. The van der Waals surface area contributed by atoms with Crippen LogP contribution in [0, 0.1) is 13.8 Å². The van der Waals surface area contributed by atoms with Gasteiger partial charge in [-0.15, -0.1) is 0 Å². The van der Waals surface area contributed by atoms with Gasteiger partial charge in [0.15, 0.2) is 0 Å². The number of nitrogens with one attached hydrogen (secondary N) is 2. The van der Waals surface area contributed by atoms with Crippen molar-refractivity contribution in [2.45, 2.75) is 59.4 Å². The Morgan fingerprint density at radius 1 is 0.755 bits per heavy atom. The minimum Gasteiger partial charge on any atom is -0.496 e. The molecule has 1 heterocycles. The first-order valence-corrected chi connectivity index (χ1v) is 17.0. The van der Waals surface area contributed by atoms with E-state index in [4.69, 9.17) is 33.5 Å². The van der Waals surface area contributed by atoms with E-state index in [9.17, 15) is 0 Å². The Hall–Kier alpha value is -4.44. The molecule has 0 amide bonds. The lowest BCUT2D eigenvalue weighted by atomic mass is 9.92. The molecule has 9 nitrogen and oxygen atoms in total. The van der Waals surface area contributed by atoms with E-state index in [1.54, 1.807) is 21.3 Å². The lowest BCUT2D eigenvalue weighted by Crippen LogP contribution is -2.18. The lowest BCUT2D eigenvalue weighted by molar-refractivity contribution is 0.280. The summed E-state index contributed by atoms with van der Waals surface area (Å²) in [6, 6.07) is 20.4. The Bertz CT molecular complexity index is 1660. The molecule has 1 aliphatic heterocycles. The van der Waals surface area contributed by atoms with Crippen molar-refractivity contribution in [1.29, 1.82) is 0 Å². The van der Waals surface area contributed by atoms with Crippen LogP contribution >= 0.6 is 0 Å². The topological polar surface area (TPSA) is 99.7 Å². The van der Waals surface area contributed by atoms with E-state index in [0.29, 0.717) is 56.7 Å². The predicted molar refractivity (Wildman–Crippen MR) is 192 cm³/mol. The average molecular weight is 671 g/mol. The SMILES string of the molecule is COc1cc(OCc2cccc(-c3cccc(COc4cc(OC)c5c(c4)OCCCCCNC5)c3C)c2C)cc(OC)c1CNCCO. The molecule has 9 heteroatoms. The molecule has 1 aliphatic rings. The number of hydrogen-bond donors (Lipinski definition) is 3. The standard InChI is InChI=1S/C40H50N2O7/c1-27-29(25-48-31-19-37(44-3)35(23-42-16-17-43)38(20-31)45-4)11-9-13-33(27)34-14-10-12-30(28(34)2)26-49-32-21-39(46-5)36-24-41-15-7-6-8-18-47-40(36)22-32/h9-14,19-22,41-43H,6-8,15-18,23-26H2,1-5H3. The van der Waals surface area contributed by atoms with Gasteiger partial charge in [-0.05, 0) is 73.0 Å². The molecule has 4 aromatic rings. The molecular weight excluding hydrogens is 620 g/mol. The molecule has 0 radical (unpaired) electrons. The zero-order valence-corrected chi connectivity index (χ0v) is 29.4. The summed E-state index contributed by atoms with van der Waals surface area (Å²) in [7, 11) is 4.95. The van der Waals surface area contributed by atoms with Crippen LogP contribution in [0.5, 0.6) is 34.5 Å². The van der Waals surface area contributed by atoms with Gasteiger partial charge in [0.25, 0.3) is 0 Å². The molecule has 0 aliphatic carbocycles. The van der Waals surface area contributed by atoms with Gasteiger partial charge in [-0.25, -0.2) is 0 Å². The van der Waals surface area contributed by atoms with E-state index in [2.05, 4.69) is 60.9 Å². The maximum atomic E-state index is 9.15. The van der Waals surface area contributed by atoms with Crippen molar-refractivity contribution in [2.24, 2.45) is 0 Å². The maximum Gasteiger partial charge on any atom is 0.131 e. The number of ether oxygens (including phenoxy) is 6. The third-order valence-electron chi connectivity index (χ3n) is 9.06. The third kappa shape index (κ3) is 8.97. The molecule has 0 saturated carbocycles. The van der Waals surface area contributed by atoms with Crippen LogP contribution in [0.2, 0.25) is 0 Å². The molecule has 5 rings (SSSR count). The highest BCUT2D eigenvalue weighted by atomic mass is 16.5. The third-order valence-corrected chi connectivity index (χ3v) is 9.06. The summed E-state index contributed by atoms with van der Waals surface area (Å²) < 4.78 is 35.9. The van der Waals surface area contributed by atoms with Gasteiger partial charge in [0.05, 0.1) is 45.7 Å². The van der Waals surface area contributed by atoms with Crippen LogP contribution in [0.1, 0.15) is 52.6 Å². The van der Waals surface area contributed by atoms with Crippen molar-refractivity contribution in [1.82, 2.24) is 10.6 Å². The smallest absolute Gasteiger partial charge is 0.131 e. The number of aliphatic hydroxyl groups excluding tert-OH is 1. The highest BCUT2D eigenvalue weighted by Gasteiger charge is 2.17. The zero-order chi connectivity index (χ0) is 34.6. The summed E-state index contributed by atoms with van der Waals surface area (Å²) >= 11 is 0. The highest BCUT2D eigenvalue weighted by Crippen LogP contribution is 2.37. The Balaban J connectivity index is 1.32. The minimum atomic E-state index is 0.0563. The normalized spacial score (nSPS) is 13.2. The fourth-order valence-corrected chi connectivity index (χ4v) is 6.18. The van der Waals surface area contributed by atoms with E-state index in [1.165, 1.54) is 0 Å². The van der Waals surface area contributed by atoms with Gasteiger partial charge in [0.2, 0.25) is 0 Å². The Morgan fingerprint density at radius 2 is 1.35 bits per heavy atom. The fourth-order valence-electron chi connectivity index (χ4n) is 6.18. The van der Waals surface area contributed by atoms with Gasteiger partial charge in [-0.3, -0.25) is 0 Å². The van der Waals surface area contributed by atoms with Gasteiger partial charge in [-0.1, -0.05) is 36.4 Å². The van der Waals surface area contributed by atoms with Crippen LogP contribution in [0.25, 0.3) is 11.1 Å². The first-order chi connectivity index (χ1) is 24.0. The van der Waals surface area contributed by atoms with Crippen molar-refractivity contribution in [3.63, 3.8) is 0 Å². The fraction of sp³-hybridized carbons (Fsp3) is 0.400. The largest absolute Gasteiger partial charge is 0.496 e. The number of hydrogen-bond acceptors (Lipinski definition) is 9. The summed E-state index contributed by atoms with van der Waals surface area (Å²) in [5.41, 5.74) is 8.70. The predicted octanol–water partition coefficient (Wildman–Crippen LogP) is 6.89. The number of benzene rings is 4. The molecular formula is C40H50N2O7. The second kappa shape index (κ2) is 17.8. The molecule has 262 valence electrons. The molecule has 4 aromatic carbocycles. The van der Waals surface area contributed by atoms with Gasteiger partial charge < -0.3 is 44.2 Å². The summed E-state index contributed by atoms with van der Waals surface area (Å²) in [5, 5.41) is 15.8. The van der Waals surface area contributed by atoms with E-state index >= 15 is 0 Å². The Morgan fingerprint density at radius 3 is 1.94 bits per heavy atom. The van der Waals surface area contributed by atoms with Crippen LogP contribution in [0.3, 0.4) is 0 Å². The van der Waals surface area contributed by atoms with Crippen molar-refractivity contribution >= 4 is 0 Å². The molecule has 3 N–H and O–H groups in total. The zero-order valence-electron chi connectivity index (χ0n) is 29.4. The molecule has 0 spiro atoms. The molecule has 0 fully saturated rings. The second-order valence-electron chi connectivity index (χ2n) is 12.2. The number of methoxy groups -OCH3 is 3. The second-order valence-corrected chi connectivity index (χ2v) is 12.2. The Kier molecular flexibility index (Phi) is 13.0. The van der Waals surface area contributed by atoms with E-state index in [0.717, 1.165) is 87.6 Å². The quantitative estimate of drug-likeness (QED) is 0.124. The minimum absolute atomic E-state index is 0.0563. The summed E-state index contributed by atoms with van der Waals surface area (Å²) in [6.45, 7) is 8.48. The molecule has 0 bridgehead atoms. The highest BCUT2D eigenvalue weighted by molar-refractivity contribution is 5.72. The molecule has 0 unspecified atom stereocenters. The lowest BCUT2D eigenvalue weighted by Gasteiger charge is -2.20. The summed E-state index contributed by atoms with van der Waals surface area (Å²) in [5.74, 6) is 4.27. The van der Waals surface area contributed by atoms with Gasteiger partial charge in [0, 0.05) is 43.9 Å². The number of aliphatic hydroxyl groups is 1.